The van der Waals surface area contributed by atoms with Gasteiger partial charge < -0.3 is 5.11 Å². The topological polar surface area (TPSA) is 40.5 Å². The lowest BCUT2D eigenvalue weighted by molar-refractivity contribution is -0.137. The van der Waals surface area contributed by atoms with E-state index in [9.17, 15) is 4.79 Å². The van der Waals surface area contributed by atoms with Crippen molar-refractivity contribution >= 4 is 28.9 Å². The van der Waals surface area contributed by atoms with Crippen LogP contribution in [0.5, 0.6) is 0 Å². The summed E-state index contributed by atoms with van der Waals surface area (Å²) in [6, 6.07) is 2.11. The minimum atomic E-state index is -0.937. The second-order valence-corrected chi connectivity index (χ2v) is 5.19. The number of halogens is 1. The predicted molar refractivity (Wildman–Crippen MR) is 60.6 cm³/mol. The SMILES string of the molecule is O=C(O)C(Cl)CN1CCc2sccc2C1. The summed E-state index contributed by atoms with van der Waals surface area (Å²) in [5, 5.41) is 10.00. The Labute approximate surface area is 97.3 Å². The first-order valence-electron chi connectivity index (χ1n) is 4.81. The molecule has 2 rings (SSSR count). The second-order valence-electron chi connectivity index (χ2n) is 3.66. The lowest BCUT2D eigenvalue weighted by Gasteiger charge is -2.27. The molecule has 0 amide bonds. The number of nitrogens with zero attached hydrogens (tertiary/aromatic N) is 1. The highest BCUT2D eigenvalue weighted by molar-refractivity contribution is 7.10. The maximum Gasteiger partial charge on any atom is 0.322 e. The molecule has 0 radical (unpaired) electrons. The Hall–Kier alpha value is -0.580. The summed E-state index contributed by atoms with van der Waals surface area (Å²) in [6.45, 7) is 2.16. The third kappa shape index (κ3) is 2.51. The molecule has 0 saturated heterocycles. The molecule has 1 aliphatic rings. The molecule has 1 N–H and O–H groups in total. The van der Waals surface area contributed by atoms with E-state index in [2.05, 4.69) is 16.3 Å². The summed E-state index contributed by atoms with van der Waals surface area (Å²) in [4.78, 5) is 14.1. The lowest BCUT2D eigenvalue weighted by atomic mass is 10.1. The Morgan fingerprint density at radius 1 is 1.73 bits per heavy atom. The highest BCUT2D eigenvalue weighted by Crippen LogP contribution is 2.24. The molecule has 82 valence electrons. The number of aliphatic carboxylic acids is 1. The maximum atomic E-state index is 10.6. The van der Waals surface area contributed by atoms with Crippen LogP contribution in [-0.2, 0) is 17.8 Å². The number of thiophene rings is 1. The fourth-order valence-corrected chi connectivity index (χ4v) is 2.85. The Bertz CT molecular complexity index is 366. The molecule has 0 aliphatic carbocycles. The van der Waals surface area contributed by atoms with Crippen molar-refractivity contribution in [3.05, 3.63) is 21.9 Å². The summed E-state index contributed by atoms with van der Waals surface area (Å²) < 4.78 is 0. The van der Waals surface area contributed by atoms with Crippen LogP contribution in [-0.4, -0.2) is 34.4 Å². The number of hydrogen-bond acceptors (Lipinski definition) is 3. The van der Waals surface area contributed by atoms with E-state index in [4.69, 9.17) is 16.7 Å². The van der Waals surface area contributed by atoms with Crippen molar-refractivity contribution < 1.29 is 9.90 Å². The average Bonchev–Trinajstić information content (AvgIpc) is 2.64. The molecule has 15 heavy (non-hydrogen) atoms. The molecular formula is C10H12ClNO2S. The molecule has 0 aromatic carbocycles. The van der Waals surface area contributed by atoms with Gasteiger partial charge in [0.15, 0.2) is 0 Å². The van der Waals surface area contributed by atoms with Gasteiger partial charge in [0.05, 0.1) is 0 Å². The molecule has 3 nitrogen and oxygen atoms in total. The fourth-order valence-electron chi connectivity index (χ4n) is 1.77. The van der Waals surface area contributed by atoms with Crippen LogP contribution in [0.15, 0.2) is 11.4 Å². The number of carbonyl (C=O) groups is 1. The first-order chi connectivity index (χ1) is 7.16. The van der Waals surface area contributed by atoms with Crippen LogP contribution in [0.1, 0.15) is 10.4 Å². The van der Waals surface area contributed by atoms with E-state index in [-0.39, 0.29) is 0 Å². The minimum absolute atomic E-state index is 0.423. The molecule has 1 aromatic rings. The zero-order valence-electron chi connectivity index (χ0n) is 8.15. The van der Waals surface area contributed by atoms with Crippen LogP contribution in [0.2, 0.25) is 0 Å². The van der Waals surface area contributed by atoms with Gasteiger partial charge in [-0.2, -0.15) is 0 Å². The van der Waals surface area contributed by atoms with E-state index in [1.807, 2.05) is 0 Å². The number of carboxylic acid groups (broad SMARTS) is 1. The number of hydrogen-bond donors (Lipinski definition) is 1. The van der Waals surface area contributed by atoms with Crippen LogP contribution >= 0.6 is 22.9 Å². The zero-order chi connectivity index (χ0) is 10.8. The highest BCUT2D eigenvalue weighted by Gasteiger charge is 2.22. The number of rotatable bonds is 3. The van der Waals surface area contributed by atoms with Gasteiger partial charge in [-0.05, 0) is 23.4 Å². The van der Waals surface area contributed by atoms with Gasteiger partial charge in [-0.1, -0.05) is 0 Å². The van der Waals surface area contributed by atoms with Crippen molar-refractivity contribution in [2.75, 3.05) is 13.1 Å². The van der Waals surface area contributed by atoms with E-state index in [0.717, 1.165) is 19.5 Å². The van der Waals surface area contributed by atoms with Crippen molar-refractivity contribution in [2.24, 2.45) is 0 Å². The Kier molecular flexibility index (Phi) is 3.29. The summed E-state index contributed by atoms with van der Waals surface area (Å²) in [7, 11) is 0. The van der Waals surface area contributed by atoms with Crippen molar-refractivity contribution in [3.63, 3.8) is 0 Å². The molecule has 1 aliphatic heterocycles. The van der Waals surface area contributed by atoms with Crippen LogP contribution < -0.4 is 0 Å². The van der Waals surface area contributed by atoms with Crippen LogP contribution in [0.3, 0.4) is 0 Å². The molecule has 0 spiro atoms. The zero-order valence-corrected chi connectivity index (χ0v) is 9.72. The van der Waals surface area contributed by atoms with E-state index in [1.165, 1.54) is 10.4 Å². The highest BCUT2D eigenvalue weighted by atomic mass is 35.5. The monoisotopic (exact) mass is 245 g/mol. The number of carboxylic acids is 1. The molecule has 1 atom stereocenters. The van der Waals surface area contributed by atoms with Crippen molar-refractivity contribution in [2.45, 2.75) is 18.3 Å². The van der Waals surface area contributed by atoms with Gasteiger partial charge in [-0.3, -0.25) is 9.69 Å². The molecule has 5 heteroatoms. The van der Waals surface area contributed by atoms with E-state index >= 15 is 0 Å². The molecule has 2 heterocycles. The first kappa shape index (κ1) is 10.9. The first-order valence-corrected chi connectivity index (χ1v) is 6.13. The molecule has 1 aromatic heterocycles. The quantitative estimate of drug-likeness (QED) is 0.826. The Balaban J connectivity index is 1.95. The second kappa shape index (κ2) is 4.51. The predicted octanol–water partition coefficient (Wildman–Crippen LogP) is 1.80. The van der Waals surface area contributed by atoms with Gasteiger partial charge in [0, 0.05) is 24.5 Å². The van der Waals surface area contributed by atoms with Crippen molar-refractivity contribution in [1.82, 2.24) is 4.90 Å². The summed E-state index contributed by atoms with van der Waals surface area (Å²) in [5.41, 5.74) is 1.32. The van der Waals surface area contributed by atoms with Crippen LogP contribution in [0, 0.1) is 0 Å². The molecule has 0 bridgehead atoms. The molecule has 1 unspecified atom stereocenters. The van der Waals surface area contributed by atoms with E-state index in [1.54, 1.807) is 11.3 Å². The third-order valence-corrected chi connectivity index (χ3v) is 3.92. The molecular weight excluding hydrogens is 234 g/mol. The largest absolute Gasteiger partial charge is 0.480 e. The standard InChI is InChI=1S/C10H12ClNO2S/c11-8(10(13)14)6-12-3-1-9-7(5-12)2-4-15-9/h2,4,8H,1,3,5-6H2,(H,13,14). The van der Waals surface area contributed by atoms with Crippen LogP contribution in [0.4, 0.5) is 0 Å². The van der Waals surface area contributed by atoms with Crippen molar-refractivity contribution in [1.29, 1.82) is 0 Å². The van der Waals surface area contributed by atoms with Gasteiger partial charge in [-0.25, -0.2) is 0 Å². The van der Waals surface area contributed by atoms with Gasteiger partial charge >= 0.3 is 5.97 Å². The summed E-state index contributed by atoms with van der Waals surface area (Å²) >= 11 is 7.49. The van der Waals surface area contributed by atoms with E-state index < -0.39 is 11.3 Å². The Morgan fingerprint density at radius 2 is 2.53 bits per heavy atom. The number of fused-ring (bicyclic) bond motifs is 1. The Morgan fingerprint density at radius 3 is 3.27 bits per heavy atom. The summed E-state index contributed by atoms with van der Waals surface area (Å²) in [5.74, 6) is -0.937. The summed E-state index contributed by atoms with van der Waals surface area (Å²) in [6.07, 6.45) is 1.01. The lowest BCUT2D eigenvalue weighted by Crippen LogP contribution is -2.37. The normalized spacial score (nSPS) is 18.5. The third-order valence-electron chi connectivity index (χ3n) is 2.57. The van der Waals surface area contributed by atoms with Crippen LogP contribution in [0.25, 0.3) is 0 Å². The molecule has 0 fully saturated rings. The van der Waals surface area contributed by atoms with Gasteiger partial charge in [-0.15, -0.1) is 22.9 Å². The van der Waals surface area contributed by atoms with Crippen molar-refractivity contribution in [3.8, 4) is 0 Å². The minimum Gasteiger partial charge on any atom is -0.480 e. The average molecular weight is 246 g/mol. The smallest absolute Gasteiger partial charge is 0.322 e. The van der Waals surface area contributed by atoms with Gasteiger partial charge in [0.1, 0.15) is 5.38 Å². The van der Waals surface area contributed by atoms with E-state index in [0.29, 0.717) is 6.54 Å². The molecule has 0 saturated carbocycles. The maximum absolute atomic E-state index is 10.6. The van der Waals surface area contributed by atoms with Gasteiger partial charge in [0.25, 0.3) is 0 Å². The number of alkyl halides is 1. The fraction of sp³-hybridized carbons (Fsp3) is 0.500. The van der Waals surface area contributed by atoms with Gasteiger partial charge in [0.2, 0.25) is 0 Å².